The van der Waals surface area contributed by atoms with Crippen molar-refractivity contribution in [2.24, 2.45) is 5.92 Å². The Bertz CT molecular complexity index is 523. The fourth-order valence-electron chi connectivity index (χ4n) is 2.74. The van der Waals surface area contributed by atoms with Gasteiger partial charge in [0.25, 0.3) is 0 Å². The van der Waals surface area contributed by atoms with Gasteiger partial charge in [-0.3, -0.25) is 4.79 Å². The summed E-state index contributed by atoms with van der Waals surface area (Å²) in [6.07, 6.45) is 1.01. The maximum absolute atomic E-state index is 12.3. The Morgan fingerprint density at radius 3 is 2.29 bits per heavy atom. The van der Waals surface area contributed by atoms with Crippen molar-refractivity contribution in [3.8, 4) is 0 Å². The molecule has 9 nitrogen and oxygen atoms in total. The second-order valence-electron chi connectivity index (χ2n) is 6.87. The number of ether oxygens (including phenoxy) is 3. The molecule has 1 aliphatic heterocycles. The van der Waals surface area contributed by atoms with Crippen LogP contribution in [0.5, 0.6) is 0 Å². The number of carbonyl (C=O) groups excluding carboxylic acids is 2. The van der Waals surface area contributed by atoms with E-state index in [0.717, 1.165) is 25.7 Å². The third kappa shape index (κ3) is 7.29. The highest BCUT2D eigenvalue weighted by Gasteiger charge is 2.41. The maximum atomic E-state index is 12.3. The molecular formula is C19H32O9. The zero-order valence-corrected chi connectivity index (χ0v) is 16.5. The average molecular weight is 404 g/mol. The summed E-state index contributed by atoms with van der Waals surface area (Å²) in [5.74, 6) is -2.88. The predicted molar refractivity (Wildman–Crippen MR) is 98.1 cm³/mol. The molecule has 1 aliphatic rings. The van der Waals surface area contributed by atoms with Gasteiger partial charge in [0.15, 0.2) is 11.9 Å². The fourth-order valence-corrected chi connectivity index (χ4v) is 2.74. The number of carbonyl (C=O) groups is 2. The van der Waals surface area contributed by atoms with Crippen LogP contribution in [-0.2, 0) is 23.8 Å². The Morgan fingerprint density at radius 2 is 1.75 bits per heavy atom. The van der Waals surface area contributed by atoms with E-state index >= 15 is 0 Å². The van der Waals surface area contributed by atoms with Crippen LogP contribution < -0.4 is 0 Å². The smallest absolute Gasteiger partial charge is 0.378 e. The first kappa shape index (κ1) is 24.2. The number of unbranched alkanes of at least 4 members (excludes halogenated alkanes) is 2. The minimum Gasteiger partial charge on any atom is -0.505 e. The first-order chi connectivity index (χ1) is 13.3. The third-order valence-corrected chi connectivity index (χ3v) is 4.44. The largest absolute Gasteiger partial charge is 0.505 e. The lowest BCUT2D eigenvalue weighted by atomic mass is 9.96. The van der Waals surface area contributed by atoms with Crippen molar-refractivity contribution in [3.63, 3.8) is 0 Å². The van der Waals surface area contributed by atoms with E-state index in [-0.39, 0.29) is 5.92 Å². The Kier molecular flexibility index (Phi) is 10.9. The van der Waals surface area contributed by atoms with Crippen LogP contribution in [0.15, 0.2) is 11.5 Å². The van der Waals surface area contributed by atoms with Gasteiger partial charge in [-0.15, -0.1) is 0 Å². The van der Waals surface area contributed by atoms with Crippen molar-refractivity contribution < 1.29 is 44.2 Å². The van der Waals surface area contributed by atoms with Crippen molar-refractivity contribution in [2.75, 3.05) is 19.8 Å². The van der Waals surface area contributed by atoms with Gasteiger partial charge >= 0.3 is 11.9 Å². The third-order valence-electron chi connectivity index (χ3n) is 4.44. The van der Waals surface area contributed by atoms with Crippen LogP contribution >= 0.6 is 0 Å². The maximum Gasteiger partial charge on any atom is 0.378 e. The second-order valence-corrected chi connectivity index (χ2v) is 6.87. The molecule has 0 aliphatic carbocycles. The van der Waals surface area contributed by atoms with Crippen LogP contribution in [0, 0.1) is 5.92 Å². The summed E-state index contributed by atoms with van der Waals surface area (Å²) < 4.78 is 15.0. The van der Waals surface area contributed by atoms with E-state index in [2.05, 4.69) is 0 Å². The van der Waals surface area contributed by atoms with Crippen molar-refractivity contribution in [1.82, 2.24) is 0 Å². The topological polar surface area (TPSA) is 143 Å². The summed E-state index contributed by atoms with van der Waals surface area (Å²) in [6.45, 7) is 2.62. The molecular weight excluding hydrogens is 372 g/mol. The van der Waals surface area contributed by atoms with Crippen LogP contribution in [0.25, 0.3) is 0 Å². The molecule has 0 aromatic carbocycles. The molecule has 0 saturated heterocycles. The van der Waals surface area contributed by atoms with E-state index in [1.807, 2.05) is 13.8 Å². The van der Waals surface area contributed by atoms with Gasteiger partial charge in [-0.25, -0.2) is 4.79 Å². The quantitative estimate of drug-likeness (QED) is 0.311. The average Bonchev–Trinajstić information content (AvgIpc) is 2.97. The van der Waals surface area contributed by atoms with E-state index in [4.69, 9.17) is 19.3 Å². The number of esters is 2. The van der Waals surface area contributed by atoms with Crippen LogP contribution in [0.1, 0.15) is 52.4 Å². The Labute approximate surface area is 164 Å². The predicted octanol–water partition coefficient (Wildman–Crippen LogP) is 0.952. The molecule has 0 bridgehead atoms. The van der Waals surface area contributed by atoms with Gasteiger partial charge in [-0.1, -0.05) is 39.5 Å². The molecule has 0 saturated carbocycles. The van der Waals surface area contributed by atoms with Gasteiger partial charge in [0.1, 0.15) is 25.4 Å². The Hall–Kier alpha value is -1.84. The highest BCUT2D eigenvalue weighted by Crippen LogP contribution is 2.25. The van der Waals surface area contributed by atoms with Crippen molar-refractivity contribution in [1.29, 1.82) is 0 Å². The molecule has 0 amide bonds. The molecule has 0 aromatic rings. The van der Waals surface area contributed by atoms with Gasteiger partial charge < -0.3 is 34.6 Å². The molecule has 9 heteroatoms. The lowest BCUT2D eigenvalue weighted by Crippen LogP contribution is -2.34. The first-order valence-electron chi connectivity index (χ1n) is 9.76. The first-order valence-corrected chi connectivity index (χ1v) is 9.76. The number of aliphatic hydroxyl groups excluding tert-OH is 4. The lowest BCUT2D eigenvalue weighted by molar-refractivity contribution is -0.158. The number of cyclic esters (lactones) is 1. The lowest BCUT2D eigenvalue weighted by Gasteiger charge is -2.20. The fraction of sp³-hybridized carbons (Fsp3) is 0.789. The van der Waals surface area contributed by atoms with Crippen LogP contribution in [-0.4, -0.2) is 70.5 Å². The summed E-state index contributed by atoms with van der Waals surface area (Å²) >= 11 is 0. The zero-order valence-electron chi connectivity index (χ0n) is 16.5. The minimum atomic E-state index is -1.46. The molecule has 3 atom stereocenters. The van der Waals surface area contributed by atoms with Gasteiger partial charge in [-0.2, -0.15) is 0 Å². The van der Waals surface area contributed by atoms with Gasteiger partial charge in [0.05, 0.1) is 12.5 Å². The SMILES string of the molecule is CCCCC(CCCC)C(=O)OC[C@H](O)[C@H]1OC(=O)C(OCC(O)CO)=C1O. The molecule has 0 aromatic heterocycles. The van der Waals surface area contributed by atoms with Crippen molar-refractivity contribution in [3.05, 3.63) is 11.5 Å². The summed E-state index contributed by atoms with van der Waals surface area (Å²) in [4.78, 5) is 24.1. The number of hydrogen-bond acceptors (Lipinski definition) is 9. The molecule has 28 heavy (non-hydrogen) atoms. The summed E-state index contributed by atoms with van der Waals surface area (Å²) in [5.41, 5.74) is 0. The second kappa shape index (κ2) is 12.6. The van der Waals surface area contributed by atoms with Gasteiger partial charge in [0.2, 0.25) is 5.76 Å². The highest BCUT2D eigenvalue weighted by molar-refractivity contribution is 5.89. The molecule has 1 heterocycles. The summed E-state index contributed by atoms with van der Waals surface area (Å²) in [7, 11) is 0. The Balaban J connectivity index is 2.60. The van der Waals surface area contributed by atoms with E-state index in [1.165, 1.54) is 0 Å². The molecule has 0 spiro atoms. The van der Waals surface area contributed by atoms with Crippen LogP contribution in [0.4, 0.5) is 0 Å². The van der Waals surface area contributed by atoms with E-state index in [1.54, 1.807) is 0 Å². The molecule has 0 fully saturated rings. The Morgan fingerprint density at radius 1 is 1.14 bits per heavy atom. The van der Waals surface area contributed by atoms with Crippen LogP contribution in [0.2, 0.25) is 0 Å². The van der Waals surface area contributed by atoms with E-state index < -0.39 is 61.6 Å². The van der Waals surface area contributed by atoms with Crippen molar-refractivity contribution in [2.45, 2.75) is 70.7 Å². The van der Waals surface area contributed by atoms with Gasteiger partial charge in [-0.05, 0) is 12.8 Å². The molecule has 1 unspecified atom stereocenters. The normalized spacial score (nSPS) is 18.9. The molecule has 1 rings (SSSR count). The summed E-state index contributed by atoms with van der Waals surface area (Å²) in [5, 5.41) is 38.2. The number of aliphatic hydroxyl groups is 4. The molecule has 4 N–H and O–H groups in total. The van der Waals surface area contributed by atoms with Crippen molar-refractivity contribution >= 4 is 11.9 Å². The summed E-state index contributed by atoms with van der Waals surface area (Å²) in [6, 6.07) is 0. The standard InChI is InChI=1S/C19H32O9/c1-3-5-7-12(8-6-4-2)18(24)27-11-14(22)16-15(23)17(19(25)28-16)26-10-13(21)9-20/h12-14,16,20-23H,3-11H2,1-2H3/t13?,14-,16+/m0/s1. The monoisotopic (exact) mass is 404 g/mol. The zero-order chi connectivity index (χ0) is 21.1. The molecule has 162 valence electrons. The number of rotatable bonds is 14. The minimum absolute atomic E-state index is 0.249. The van der Waals surface area contributed by atoms with E-state index in [9.17, 15) is 24.9 Å². The van der Waals surface area contributed by atoms with Crippen LogP contribution in [0.3, 0.4) is 0 Å². The molecule has 0 radical (unpaired) electrons. The number of hydrogen-bond donors (Lipinski definition) is 4. The highest BCUT2D eigenvalue weighted by atomic mass is 16.6. The van der Waals surface area contributed by atoms with Gasteiger partial charge in [0, 0.05) is 0 Å². The van der Waals surface area contributed by atoms with E-state index in [0.29, 0.717) is 12.8 Å².